The molecule has 27 heavy (non-hydrogen) atoms. The number of nitrogens with one attached hydrogen (secondary N) is 4. The van der Waals surface area contributed by atoms with Crippen molar-refractivity contribution in [1.82, 2.24) is 20.8 Å². The third-order valence-electron chi connectivity index (χ3n) is 3.93. The molecule has 0 bridgehead atoms. The van der Waals surface area contributed by atoms with Gasteiger partial charge in [0.2, 0.25) is 5.95 Å². The predicted molar refractivity (Wildman–Crippen MR) is 106 cm³/mol. The number of thiocarbonyl (C=S) groups is 1. The van der Waals surface area contributed by atoms with Gasteiger partial charge in [-0.25, -0.2) is 4.98 Å². The number of carbonyl (C=O) groups is 1. The lowest BCUT2D eigenvalue weighted by Crippen LogP contribution is -2.43. The van der Waals surface area contributed by atoms with Gasteiger partial charge in [-0.2, -0.15) is 0 Å². The van der Waals surface area contributed by atoms with Gasteiger partial charge in [-0.15, -0.1) is 0 Å². The van der Waals surface area contributed by atoms with Crippen molar-refractivity contribution in [2.75, 3.05) is 12.4 Å². The van der Waals surface area contributed by atoms with Gasteiger partial charge in [0.05, 0.1) is 18.9 Å². The molecule has 0 aliphatic heterocycles. The van der Waals surface area contributed by atoms with E-state index in [9.17, 15) is 4.79 Å². The lowest BCUT2D eigenvalue weighted by molar-refractivity contribution is 0.0944. The average molecular weight is 381 g/mol. The number of aromatic nitrogens is 2. The Morgan fingerprint density at radius 1 is 1.22 bits per heavy atom. The zero-order chi connectivity index (χ0) is 18.8. The molecule has 8 nitrogen and oxygen atoms in total. The van der Waals surface area contributed by atoms with Crippen molar-refractivity contribution in [3.63, 3.8) is 0 Å². The third kappa shape index (κ3) is 3.40. The van der Waals surface area contributed by atoms with Crippen LogP contribution in [-0.4, -0.2) is 28.1 Å². The number of imidazole rings is 1. The molecular weight excluding hydrogens is 366 g/mol. The SMILES string of the molecule is COc1cccc2[nH]c(NC(=S)NNC(=O)c3ccc4occc4c3)nc12. The number of furan rings is 1. The van der Waals surface area contributed by atoms with E-state index < -0.39 is 0 Å². The molecule has 0 aliphatic carbocycles. The molecule has 0 saturated heterocycles. The molecule has 0 atom stereocenters. The Kier molecular flexibility index (Phi) is 4.35. The Hall–Kier alpha value is -3.59. The minimum Gasteiger partial charge on any atom is -0.494 e. The van der Waals surface area contributed by atoms with E-state index in [4.69, 9.17) is 21.4 Å². The molecule has 9 heteroatoms. The Morgan fingerprint density at radius 2 is 2.11 bits per heavy atom. The highest BCUT2D eigenvalue weighted by atomic mass is 32.1. The molecular formula is C18H15N5O3S. The fraction of sp³-hybridized carbons (Fsp3) is 0.0556. The highest BCUT2D eigenvalue weighted by molar-refractivity contribution is 7.80. The summed E-state index contributed by atoms with van der Waals surface area (Å²) >= 11 is 5.19. The Bertz CT molecular complexity index is 1150. The maximum Gasteiger partial charge on any atom is 0.269 e. The summed E-state index contributed by atoms with van der Waals surface area (Å²) in [6.07, 6.45) is 1.58. The zero-order valence-corrected chi connectivity index (χ0v) is 15.0. The third-order valence-corrected chi connectivity index (χ3v) is 4.14. The predicted octanol–water partition coefficient (Wildman–Crippen LogP) is 2.95. The monoisotopic (exact) mass is 381 g/mol. The quantitative estimate of drug-likeness (QED) is 0.319. The summed E-state index contributed by atoms with van der Waals surface area (Å²) in [5, 5.41) is 3.92. The molecule has 0 aliphatic rings. The number of hydrogen-bond donors (Lipinski definition) is 4. The molecule has 0 radical (unpaired) electrons. The van der Waals surface area contributed by atoms with E-state index in [1.807, 2.05) is 18.2 Å². The van der Waals surface area contributed by atoms with Crippen LogP contribution in [0.2, 0.25) is 0 Å². The maximum absolute atomic E-state index is 12.3. The molecule has 2 aromatic carbocycles. The normalized spacial score (nSPS) is 10.7. The number of amides is 1. The van der Waals surface area contributed by atoms with Crippen molar-refractivity contribution in [2.24, 2.45) is 0 Å². The van der Waals surface area contributed by atoms with Crippen LogP contribution in [0.4, 0.5) is 5.95 Å². The van der Waals surface area contributed by atoms with Crippen molar-refractivity contribution >= 4 is 51.2 Å². The summed E-state index contributed by atoms with van der Waals surface area (Å²) in [5.74, 6) is 0.758. The van der Waals surface area contributed by atoms with Crippen molar-refractivity contribution in [3.05, 3.63) is 54.3 Å². The number of para-hydroxylation sites is 1. The van der Waals surface area contributed by atoms with Crippen molar-refractivity contribution < 1.29 is 13.9 Å². The Morgan fingerprint density at radius 3 is 2.96 bits per heavy atom. The summed E-state index contributed by atoms with van der Waals surface area (Å²) in [6, 6.07) is 12.5. The van der Waals surface area contributed by atoms with Crippen LogP contribution < -0.4 is 20.9 Å². The maximum atomic E-state index is 12.3. The Balaban J connectivity index is 1.40. The van der Waals surface area contributed by atoms with E-state index in [0.29, 0.717) is 22.8 Å². The highest BCUT2D eigenvalue weighted by Crippen LogP contribution is 2.24. The van der Waals surface area contributed by atoms with E-state index in [1.165, 1.54) is 0 Å². The number of H-pyrrole nitrogens is 1. The van der Waals surface area contributed by atoms with Gasteiger partial charge in [0.25, 0.3) is 5.91 Å². The van der Waals surface area contributed by atoms with E-state index >= 15 is 0 Å². The minimum absolute atomic E-state index is 0.186. The van der Waals surface area contributed by atoms with E-state index in [1.54, 1.807) is 37.6 Å². The molecule has 0 fully saturated rings. The number of hydrazine groups is 1. The summed E-state index contributed by atoms with van der Waals surface area (Å²) < 4.78 is 10.5. The fourth-order valence-corrected chi connectivity index (χ4v) is 2.81. The molecule has 2 aromatic heterocycles. The standard InChI is InChI=1S/C18H15N5O3S/c1-25-14-4-2-3-12-15(14)20-17(19-12)21-18(27)23-22-16(24)11-5-6-13-10(9-11)7-8-26-13/h2-9H,1H3,(H,22,24)(H3,19,20,21,23,27). The second-order valence-electron chi connectivity index (χ2n) is 5.65. The van der Waals surface area contributed by atoms with Crippen LogP contribution in [0.5, 0.6) is 5.75 Å². The smallest absolute Gasteiger partial charge is 0.269 e. The molecule has 0 spiro atoms. The number of nitrogens with zero attached hydrogens (tertiary/aromatic N) is 1. The number of benzene rings is 2. The second kappa shape index (κ2) is 6.96. The minimum atomic E-state index is -0.325. The number of hydrogen-bond acceptors (Lipinski definition) is 5. The van der Waals surface area contributed by atoms with Crippen LogP contribution in [0.1, 0.15) is 10.4 Å². The van der Waals surface area contributed by atoms with Gasteiger partial charge in [0, 0.05) is 10.9 Å². The van der Waals surface area contributed by atoms with Crippen molar-refractivity contribution in [1.29, 1.82) is 0 Å². The molecule has 1 amide bonds. The topological polar surface area (TPSA) is 104 Å². The summed E-state index contributed by atoms with van der Waals surface area (Å²) in [4.78, 5) is 19.7. The number of carbonyl (C=O) groups excluding carboxylic acids is 1. The van der Waals surface area contributed by atoms with Crippen LogP contribution in [0.25, 0.3) is 22.0 Å². The number of ether oxygens (including phenoxy) is 1. The van der Waals surface area contributed by atoms with Gasteiger partial charge in [-0.05, 0) is 48.6 Å². The fourth-order valence-electron chi connectivity index (χ4n) is 2.66. The van der Waals surface area contributed by atoms with Gasteiger partial charge in [0.1, 0.15) is 16.8 Å². The molecule has 136 valence electrons. The second-order valence-corrected chi connectivity index (χ2v) is 6.06. The summed E-state index contributed by atoms with van der Waals surface area (Å²) in [7, 11) is 1.58. The first-order chi connectivity index (χ1) is 13.1. The number of rotatable bonds is 3. The van der Waals surface area contributed by atoms with Gasteiger partial charge in [-0.3, -0.25) is 15.6 Å². The van der Waals surface area contributed by atoms with Crippen molar-refractivity contribution in [3.8, 4) is 5.75 Å². The molecule has 2 heterocycles. The molecule has 0 unspecified atom stereocenters. The first-order valence-electron chi connectivity index (χ1n) is 8.01. The lowest BCUT2D eigenvalue weighted by atomic mass is 10.1. The van der Waals surface area contributed by atoms with Gasteiger partial charge in [0.15, 0.2) is 5.11 Å². The molecule has 4 N–H and O–H groups in total. The lowest BCUT2D eigenvalue weighted by Gasteiger charge is -2.10. The van der Waals surface area contributed by atoms with E-state index in [2.05, 4.69) is 26.1 Å². The number of aromatic amines is 1. The van der Waals surface area contributed by atoms with Crippen molar-refractivity contribution in [2.45, 2.75) is 0 Å². The van der Waals surface area contributed by atoms with E-state index in [0.717, 1.165) is 16.5 Å². The number of anilines is 1. The summed E-state index contributed by atoms with van der Waals surface area (Å²) in [6.45, 7) is 0. The van der Waals surface area contributed by atoms with E-state index in [-0.39, 0.29) is 11.0 Å². The largest absolute Gasteiger partial charge is 0.494 e. The number of fused-ring (bicyclic) bond motifs is 2. The zero-order valence-electron chi connectivity index (χ0n) is 14.2. The molecule has 4 rings (SSSR count). The molecule has 4 aromatic rings. The highest BCUT2D eigenvalue weighted by Gasteiger charge is 2.10. The van der Waals surface area contributed by atoms with Crippen LogP contribution in [0.15, 0.2) is 53.1 Å². The first-order valence-corrected chi connectivity index (χ1v) is 8.42. The van der Waals surface area contributed by atoms with Crippen LogP contribution in [-0.2, 0) is 0 Å². The summed E-state index contributed by atoms with van der Waals surface area (Å²) in [5.41, 5.74) is 7.88. The van der Waals surface area contributed by atoms with Gasteiger partial charge in [-0.1, -0.05) is 6.07 Å². The van der Waals surface area contributed by atoms with Gasteiger partial charge < -0.3 is 19.5 Å². The van der Waals surface area contributed by atoms with Crippen LogP contribution in [0, 0.1) is 0 Å². The average Bonchev–Trinajstić information content (AvgIpc) is 3.31. The first kappa shape index (κ1) is 16.9. The Labute approximate surface area is 158 Å². The van der Waals surface area contributed by atoms with Crippen LogP contribution >= 0.6 is 12.2 Å². The number of methoxy groups -OCH3 is 1. The van der Waals surface area contributed by atoms with Crippen LogP contribution in [0.3, 0.4) is 0 Å². The van der Waals surface area contributed by atoms with Gasteiger partial charge >= 0.3 is 0 Å². The molecule has 0 saturated carbocycles.